The Morgan fingerprint density at radius 2 is 1.88 bits per heavy atom. The minimum absolute atomic E-state index is 0.188. The summed E-state index contributed by atoms with van der Waals surface area (Å²) < 4.78 is 6.47. The van der Waals surface area contributed by atoms with Crippen molar-refractivity contribution in [2.75, 3.05) is 6.61 Å². The quantitative estimate of drug-likeness (QED) is 0.491. The molecule has 3 rings (SSSR count). The van der Waals surface area contributed by atoms with Crippen molar-refractivity contribution in [3.05, 3.63) is 76.8 Å². The molecule has 0 bridgehead atoms. The summed E-state index contributed by atoms with van der Waals surface area (Å²) >= 11 is 3.38. The number of hydrogen-bond donors (Lipinski definition) is 1. The number of nitrogens with zero attached hydrogens (tertiary/aromatic N) is 1. The first-order valence-electron chi connectivity index (χ1n) is 7.90. The molecule has 5 heteroatoms. The summed E-state index contributed by atoms with van der Waals surface area (Å²) in [5.74, 6) is 0.536. The molecule has 0 aromatic heterocycles. The Kier molecular flexibility index (Phi) is 5.80. The van der Waals surface area contributed by atoms with Crippen LogP contribution in [-0.4, -0.2) is 18.7 Å². The first-order chi connectivity index (χ1) is 12.2. The van der Waals surface area contributed by atoms with Gasteiger partial charge in [0.25, 0.3) is 0 Å². The van der Waals surface area contributed by atoms with Crippen molar-refractivity contribution in [3.8, 4) is 5.75 Å². The molecular formula is C20H17BrN2O2. The van der Waals surface area contributed by atoms with E-state index in [1.807, 2.05) is 60.7 Å². The Morgan fingerprint density at radius 3 is 2.72 bits per heavy atom. The Labute approximate surface area is 154 Å². The van der Waals surface area contributed by atoms with Crippen LogP contribution in [0, 0.1) is 0 Å². The average molecular weight is 397 g/mol. The molecule has 0 fully saturated rings. The van der Waals surface area contributed by atoms with E-state index in [0.717, 1.165) is 21.2 Å². The predicted molar refractivity (Wildman–Crippen MR) is 104 cm³/mol. The van der Waals surface area contributed by atoms with Gasteiger partial charge in [-0.2, -0.15) is 5.10 Å². The smallest absolute Gasteiger partial charge is 0.243 e. The lowest BCUT2D eigenvalue weighted by Gasteiger charge is -2.05. The summed E-state index contributed by atoms with van der Waals surface area (Å²) in [6, 6.07) is 21.6. The normalized spacial score (nSPS) is 10.9. The van der Waals surface area contributed by atoms with Crippen molar-refractivity contribution in [1.82, 2.24) is 5.43 Å². The maximum absolute atomic E-state index is 11.8. The van der Waals surface area contributed by atoms with Crippen molar-refractivity contribution < 1.29 is 9.53 Å². The molecule has 1 amide bonds. The van der Waals surface area contributed by atoms with E-state index < -0.39 is 0 Å². The van der Waals surface area contributed by atoms with Crippen LogP contribution in [0.3, 0.4) is 0 Å². The van der Waals surface area contributed by atoms with Crippen LogP contribution in [0.1, 0.15) is 12.0 Å². The molecule has 0 saturated heterocycles. The average Bonchev–Trinajstić information content (AvgIpc) is 2.62. The zero-order valence-electron chi connectivity index (χ0n) is 13.5. The number of ether oxygens (including phenoxy) is 1. The highest BCUT2D eigenvalue weighted by Gasteiger charge is 2.01. The predicted octanol–water partition coefficient (Wildman–Crippen LogP) is 4.52. The van der Waals surface area contributed by atoms with Gasteiger partial charge in [0.05, 0.1) is 19.2 Å². The summed E-state index contributed by atoms with van der Waals surface area (Å²) in [5, 5.41) is 6.31. The number of fused-ring (bicyclic) bond motifs is 1. The second-order valence-corrected chi connectivity index (χ2v) is 6.37. The first-order valence-corrected chi connectivity index (χ1v) is 8.69. The topological polar surface area (TPSA) is 50.7 Å². The van der Waals surface area contributed by atoms with Gasteiger partial charge in [0, 0.05) is 4.47 Å². The van der Waals surface area contributed by atoms with Crippen LogP contribution in [0.2, 0.25) is 0 Å². The number of halogens is 1. The minimum Gasteiger partial charge on any atom is -0.493 e. The maximum Gasteiger partial charge on any atom is 0.243 e. The second kappa shape index (κ2) is 8.44. The number of carbonyl (C=O) groups excluding carboxylic acids is 1. The number of rotatable bonds is 6. The van der Waals surface area contributed by atoms with E-state index in [4.69, 9.17) is 4.74 Å². The van der Waals surface area contributed by atoms with Gasteiger partial charge in [-0.05, 0) is 40.6 Å². The Hall–Kier alpha value is -2.66. The highest BCUT2D eigenvalue weighted by molar-refractivity contribution is 9.10. The SMILES string of the molecule is O=C(CCOc1cccc(Br)c1)N/N=C\c1ccc2ccccc2c1. The minimum atomic E-state index is -0.188. The standard InChI is InChI=1S/C20H17BrN2O2/c21-18-6-3-7-19(13-18)25-11-10-20(24)23-22-14-15-8-9-16-4-1-2-5-17(16)12-15/h1-9,12-14H,10-11H2,(H,23,24)/b22-14-. The second-order valence-electron chi connectivity index (χ2n) is 5.46. The highest BCUT2D eigenvalue weighted by atomic mass is 79.9. The lowest BCUT2D eigenvalue weighted by Crippen LogP contribution is -2.19. The maximum atomic E-state index is 11.8. The molecule has 0 radical (unpaired) electrons. The number of amides is 1. The van der Waals surface area contributed by atoms with Crippen LogP contribution in [0.25, 0.3) is 10.8 Å². The van der Waals surface area contributed by atoms with Gasteiger partial charge < -0.3 is 4.74 Å². The lowest BCUT2D eigenvalue weighted by molar-refractivity contribution is -0.121. The number of benzene rings is 3. The van der Waals surface area contributed by atoms with Crippen molar-refractivity contribution in [3.63, 3.8) is 0 Å². The molecule has 0 heterocycles. The highest BCUT2D eigenvalue weighted by Crippen LogP contribution is 2.17. The van der Waals surface area contributed by atoms with Crippen LogP contribution in [-0.2, 0) is 4.79 Å². The monoisotopic (exact) mass is 396 g/mol. The van der Waals surface area contributed by atoms with Crippen LogP contribution in [0.5, 0.6) is 5.75 Å². The number of hydrazone groups is 1. The van der Waals surface area contributed by atoms with Gasteiger partial charge in [0.1, 0.15) is 5.75 Å². The van der Waals surface area contributed by atoms with Crippen molar-refractivity contribution in [1.29, 1.82) is 0 Å². The van der Waals surface area contributed by atoms with Crippen molar-refractivity contribution in [2.24, 2.45) is 5.10 Å². The van der Waals surface area contributed by atoms with Gasteiger partial charge in [-0.15, -0.1) is 0 Å². The molecule has 0 atom stereocenters. The first kappa shape index (κ1) is 17.2. The molecule has 126 valence electrons. The third kappa shape index (κ3) is 5.16. The van der Waals surface area contributed by atoms with Crippen molar-refractivity contribution >= 4 is 38.8 Å². The van der Waals surface area contributed by atoms with E-state index in [-0.39, 0.29) is 12.3 Å². The molecule has 0 unspecified atom stereocenters. The van der Waals surface area contributed by atoms with Gasteiger partial charge in [0.15, 0.2) is 0 Å². The summed E-state index contributed by atoms with van der Waals surface area (Å²) in [5.41, 5.74) is 3.45. The molecular weight excluding hydrogens is 380 g/mol. The Bertz CT molecular complexity index is 909. The zero-order valence-corrected chi connectivity index (χ0v) is 15.1. The molecule has 4 nitrogen and oxygen atoms in total. The fraction of sp³-hybridized carbons (Fsp3) is 0.100. The molecule has 0 aliphatic rings. The number of nitrogens with one attached hydrogen (secondary N) is 1. The van der Waals surface area contributed by atoms with Gasteiger partial charge in [-0.3, -0.25) is 4.79 Å². The molecule has 3 aromatic carbocycles. The molecule has 3 aromatic rings. The van der Waals surface area contributed by atoms with Gasteiger partial charge >= 0.3 is 0 Å². The van der Waals surface area contributed by atoms with Crippen LogP contribution < -0.4 is 10.2 Å². The fourth-order valence-corrected chi connectivity index (χ4v) is 2.72. The van der Waals surface area contributed by atoms with E-state index in [2.05, 4.69) is 32.5 Å². The third-order valence-electron chi connectivity index (χ3n) is 3.57. The third-order valence-corrected chi connectivity index (χ3v) is 4.06. The van der Waals surface area contributed by atoms with E-state index in [9.17, 15) is 4.79 Å². The fourth-order valence-electron chi connectivity index (χ4n) is 2.34. The zero-order chi connectivity index (χ0) is 17.5. The van der Waals surface area contributed by atoms with E-state index >= 15 is 0 Å². The van der Waals surface area contributed by atoms with Gasteiger partial charge in [-0.1, -0.05) is 58.4 Å². The summed E-state index contributed by atoms with van der Waals surface area (Å²) in [6.07, 6.45) is 1.88. The van der Waals surface area contributed by atoms with Crippen molar-refractivity contribution in [2.45, 2.75) is 6.42 Å². The lowest BCUT2D eigenvalue weighted by atomic mass is 10.1. The molecule has 0 saturated carbocycles. The molecule has 0 spiro atoms. The van der Waals surface area contributed by atoms with Crippen LogP contribution in [0.15, 0.2) is 76.3 Å². The van der Waals surface area contributed by atoms with E-state index in [1.165, 1.54) is 5.39 Å². The number of hydrogen-bond acceptors (Lipinski definition) is 3. The van der Waals surface area contributed by atoms with E-state index in [1.54, 1.807) is 6.21 Å². The molecule has 25 heavy (non-hydrogen) atoms. The number of carbonyl (C=O) groups is 1. The van der Waals surface area contributed by atoms with E-state index in [0.29, 0.717) is 6.61 Å². The largest absolute Gasteiger partial charge is 0.493 e. The van der Waals surface area contributed by atoms with Crippen LogP contribution in [0.4, 0.5) is 0 Å². The summed E-state index contributed by atoms with van der Waals surface area (Å²) in [4.78, 5) is 11.8. The van der Waals surface area contributed by atoms with Crippen LogP contribution >= 0.6 is 15.9 Å². The molecule has 1 N–H and O–H groups in total. The molecule has 0 aliphatic heterocycles. The summed E-state index contributed by atoms with van der Waals surface area (Å²) in [7, 11) is 0. The molecule has 0 aliphatic carbocycles. The van der Waals surface area contributed by atoms with Gasteiger partial charge in [-0.25, -0.2) is 5.43 Å². The Morgan fingerprint density at radius 1 is 1.04 bits per heavy atom. The van der Waals surface area contributed by atoms with Gasteiger partial charge in [0.2, 0.25) is 5.91 Å². The Balaban J connectivity index is 1.47. The summed E-state index contributed by atoms with van der Waals surface area (Å²) in [6.45, 7) is 0.299.